The molecule has 0 heterocycles. The molecule has 110 valence electrons. The van der Waals surface area contributed by atoms with Crippen molar-refractivity contribution in [1.29, 1.82) is 0 Å². The molecular weight excluding hydrogens is 272 g/mol. The Labute approximate surface area is 114 Å². The van der Waals surface area contributed by atoms with Gasteiger partial charge >= 0.3 is 5.97 Å². The van der Waals surface area contributed by atoms with E-state index in [4.69, 9.17) is 9.47 Å². The number of benzene rings is 1. The topological polar surface area (TPSA) is 64.6 Å². The highest BCUT2D eigenvalue weighted by atomic mass is 19.1. The average molecular weight is 287 g/mol. The first-order valence-corrected chi connectivity index (χ1v) is 5.92. The minimum atomic E-state index is -0.954. The van der Waals surface area contributed by atoms with Crippen molar-refractivity contribution in [1.82, 2.24) is 5.32 Å². The van der Waals surface area contributed by atoms with Crippen LogP contribution in [0.3, 0.4) is 0 Å². The van der Waals surface area contributed by atoms with Gasteiger partial charge in [-0.25, -0.2) is 8.78 Å². The number of carbonyl (C=O) groups excluding carboxylic acids is 2. The SMILES string of the molecule is COCCOC(=O)CCNC(=O)c1ccc(F)cc1F. The second-order valence-electron chi connectivity index (χ2n) is 3.84. The quantitative estimate of drug-likeness (QED) is 0.606. The molecule has 0 spiro atoms. The van der Waals surface area contributed by atoms with Crippen LogP contribution in [0, 0.1) is 11.6 Å². The van der Waals surface area contributed by atoms with Crippen molar-refractivity contribution < 1.29 is 27.8 Å². The lowest BCUT2D eigenvalue weighted by Crippen LogP contribution is -2.27. The maximum absolute atomic E-state index is 13.3. The zero-order chi connectivity index (χ0) is 15.0. The fourth-order valence-corrected chi connectivity index (χ4v) is 1.36. The number of methoxy groups -OCH3 is 1. The summed E-state index contributed by atoms with van der Waals surface area (Å²) in [6.45, 7) is 0.427. The van der Waals surface area contributed by atoms with Gasteiger partial charge in [-0.1, -0.05) is 0 Å². The normalized spacial score (nSPS) is 10.2. The Kier molecular flexibility index (Phi) is 6.58. The van der Waals surface area contributed by atoms with Gasteiger partial charge in [0.15, 0.2) is 0 Å². The lowest BCUT2D eigenvalue weighted by molar-refractivity contribution is -0.144. The molecule has 0 fully saturated rings. The van der Waals surface area contributed by atoms with Crippen molar-refractivity contribution in [2.24, 2.45) is 0 Å². The molecule has 0 atom stereocenters. The van der Waals surface area contributed by atoms with Gasteiger partial charge in [0, 0.05) is 19.7 Å². The lowest BCUT2D eigenvalue weighted by atomic mass is 10.2. The van der Waals surface area contributed by atoms with E-state index in [-0.39, 0.29) is 25.1 Å². The number of esters is 1. The molecule has 0 saturated carbocycles. The molecule has 0 bridgehead atoms. The molecule has 0 unspecified atom stereocenters. The Morgan fingerprint density at radius 2 is 2.00 bits per heavy atom. The van der Waals surface area contributed by atoms with Gasteiger partial charge < -0.3 is 14.8 Å². The Morgan fingerprint density at radius 3 is 2.65 bits per heavy atom. The zero-order valence-electron chi connectivity index (χ0n) is 10.9. The number of ether oxygens (including phenoxy) is 2. The third-order valence-corrected chi connectivity index (χ3v) is 2.34. The van der Waals surface area contributed by atoms with Crippen molar-refractivity contribution in [3.05, 3.63) is 35.4 Å². The van der Waals surface area contributed by atoms with Gasteiger partial charge in [-0.2, -0.15) is 0 Å². The maximum Gasteiger partial charge on any atom is 0.307 e. The van der Waals surface area contributed by atoms with E-state index < -0.39 is 23.5 Å². The molecule has 1 N–H and O–H groups in total. The highest BCUT2D eigenvalue weighted by molar-refractivity contribution is 5.94. The molecule has 20 heavy (non-hydrogen) atoms. The molecule has 1 rings (SSSR count). The summed E-state index contributed by atoms with van der Waals surface area (Å²) < 4.78 is 35.4. The average Bonchev–Trinajstić information content (AvgIpc) is 2.38. The van der Waals surface area contributed by atoms with Crippen LogP contribution in [-0.2, 0) is 14.3 Å². The maximum atomic E-state index is 13.3. The summed E-state index contributed by atoms with van der Waals surface area (Å²) >= 11 is 0. The number of hydrogen-bond acceptors (Lipinski definition) is 4. The van der Waals surface area contributed by atoms with Crippen LogP contribution in [0.5, 0.6) is 0 Å². The van der Waals surface area contributed by atoms with Crippen molar-refractivity contribution >= 4 is 11.9 Å². The van der Waals surface area contributed by atoms with Crippen LogP contribution in [0.4, 0.5) is 8.78 Å². The number of hydrogen-bond donors (Lipinski definition) is 1. The number of carbonyl (C=O) groups is 2. The minimum absolute atomic E-state index is 0.00145. The minimum Gasteiger partial charge on any atom is -0.463 e. The highest BCUT2D eigenvalue weighted by Gasteiger charge is 2.12. The standard InChI is InChI=1S/C13H15F2NO4/c1-19-6-7-20-12(17)4-5-16-13(18)10-3-2-9(14)8-11(10)15/h2-3,8H,4-7H2,1H3,(H,16,18). The van der Waals surface area contributed by atoms with Gasteiger partial charge in [0.2, 0.25) is 0 Å². The van der Waals surface area contributed by atoms with Crippen LogP contribution in [-0.4, -0.2) is 38.7 Å². The largest absolute Gasteiger partial charge is 0.463 e. The van der Waals surface area contributed by atoms with Gasteiger partial charge in [-0.3, -0.25) is 9.59 Å². The van der Waals surface area contributed by atoms with Crippen molar-refractivity contribution in [2.45, 2.75) is 6.42 Å². The molecule has 0 aliphatic carbocycles. The second kappa shape index (κ2) is 8.21. The fourth-order valence-electron chi connectivity index (χ4n) is 1.36. The van der Waals surface area contributed by atoms with E-state index in [2.05, 4.69) is 5.32 Å². The number of halogens is 2. The van der Waals surface area contributed by atoms with Crippen molar-refractivity contribution in [2.75, 3.05) is 26.9 Å². The first-order chi connectivity index (χ1) is 9.54. The zero-order valence-corrected chi connectivity index (χ0v) is 10.9. The molecule has 1 amide bonds. The summed E-state index contributed by atoms with van der Waals surface area (Å²) in [6.07, 6.45) is -0.0434. The highest BCUT2D eigenvalue weighted by Crippen LogP contribution is 2.09. The van der Waals surface area contributed by atoms with Gasteiger partial charge in [0.1, 0.15) is 18.2 Å². The summed E-state index contributed by atoms with van der Waals surface area (Å²) in [5.41, 5.74) is -0.279. The fraction of sp³-hybridized carbons (Fsp3) is 0.385. The first-order valence-electron chi connectivity index (χ1n) is 5.92. The van der Waals surface area contributed by atoms with Crippen LogP contribution >= 0.6 is 0 Å². The Balaban J connectivity index is 2.34. The summed E-state index contributed by atoms with van der Waals surface area (Å²) in [6, 6.07) is 2.64. The van der Waals surface area contributed by atoms with Gasteiger partial charge in [0.25, 0.3) is 5.91 Å². The molecule has 0 radical (unpaired) electrons. The smallest absolute Gasteiger partial charge is 0.307 e. The van der Waals surface area contributed by atoms with E-state index >= 15 is 0 Å². The van der Waals surface area contributed by atoms with E-state index in [9.17, 15) is 18.4 Å². The summed E-state index contributed by atoms with van der Waals surface area (Å²) in [7, 11) is 1.48. The lowest BCUT2D eigenvalue weighted by Gasteiger charge is -2.06. The van der Waals surface area contributed by atoms with E-state index in [1.807, 2.05) is 0 Å². The Hall–Kier alpha value is -2.02. The summed E-state index contributed by atoms with van der Waals surface area (Å²) in [5.74, 6) is -2.93. The molecule has 1 aromatic rings. The van der Waals surface area contributed by atoms with Gasteiger partial charge in [0.05, 0.1) is 18.6 Å². The molecule has 5 nitrogen and oxygen atoms in total. The first kappa shape index (κ1) is 16.0. The van der Waals surface area contributed by atoms with Crippen LogP contribution in [0.25, 0.3) is 0 Å². The molecule has 0 saturated heterocycles. The molecule has 1 aromatic carbocycles. The third-order valence-electron chi connectivity index (χ3n) is 2.34. The number of amides is 1. The summed E-state index contributed by atoms with van der Waals surface area (Å²) in [4.78, 5) is 22.8. The van der Waals surface area contributed by atoms with Crippen LogP contribution in [0.15, 0.2) is 18.2 Å². The van der Waals surface area contributed by atoms with Crippen LogP contribution in [0.1, 0.15) is 16.8 Å². The van der Waals surface area contributed by atoms with E-state index in [1.165, 1.54) is 7.11 Å². The molecule has 0 aliphatic heterocycles. The summed E-state index contributed by atoms with van der Waals surface area (Å²) in [5, 5.41) is 2.35. The van der Waals surface area contributed by atoms with Gasteiger partial charge in [-0.05, 0) is 12.1 Å². The number of nitrogens with one attached hydrogen (secondary N) is 1. The van der Waals surface area contributed by atoms with Gasteiger partial charge in [-0.15, -0.1) is 0 Å². The predicted octanol–water partition coefficient (Wildman–Crippen LogP) is 1.27. The van der Waals surface area contributed by atoms with E-state index in [0.29, 0.717) is 12.7 Å². The third kappa shape index (κ3) is 5.31. The van der Waals surface area contributed by atoms with E-state index in [0.717, 1.165) is 12.1 Å². The molecule has 0 aromatic heterocycles. The van der Waals surface area contributed by atoms with Crippen LogP contribution < -0.4 is 5.32 Å². The predicted molar refractivity (Wildman–Crippen MR) is 66.1 cm³/mol. The molecular formula is C13H15F2NO4. The molecule has 7 heteroatoms. The van der Waals surface area contributed by atoms with Crippen molar-refractivity contribution in [3.8, 4) is 0 Å². The Bertz CT molecular complexity index is 479. The Morgan fingerprint density at radius 1 is 1.25 bits per heavy atom. The van der Waals surface area contributed by atoms with Crippen LogP contribution in [0.2, 0.25) is 0 Å². The van der Waals surface area contributed by atoms with Crippen molar-refractivity contribution in [3.63, 3.8) is 0 Å². The monoisotopic (exact) mass is 287 g/mol. The second-order valence-corrected chi connectivity index (χ2v) is 3.84. The molecule has 0 aliphatic rings. The van der Waals surface area contributed by atoms with E-state index in [1.54, 1.807) is 0 Å². The number of rotatable bonds is 7.